The highest BCUT2D eigenvalue weighted by Crippen LogP contribution is 2.19. The van der Waals surface area contributed by atoms with Crippen LogP contribution in [0.15, 0.2) is 0 Å². The van der Waals surface area contributed by atoms with E-state index in [2.05, 4.69) is 27.0 Å². The lowest BCUT2D eigenvalue weighted by Gasteiger charge is -2.25. The molecule has 0 saturated carbocycles. The second-order valence-corrected chi connectivity index (χ2v) is 6.23. The van der Waals surface area contributed by atoms with Crippen LogP contribution < -0.4 is 5.32 Å². The third-order valence-electron chi connectivity index (χ3n) is 4.56. The van der Waals surface area contributed by atoms with Crippen LogP contribution in [0.25, 0.3) is 0 Å². The Labute approximate surface area is 125 Å². The van der Waals surface area contributed by atoms with Gasteiger partial charge < -0.3 is 9.47 Å². The van der Waals surface area contributed by atoms with Gasteiger partial charge >= 0.3 is 0 Å². The Morgan fingerprint density at radius 3 is 2.57 bits per heavy atom. The number of hydrogen-bond acceptors (Lipinski definition) is 4. The van der Waals surface area contributed by atoms with Crippen molar-refractivity contribution in [2.24, 2.45) is 0 Å². The van der Waals surface area contributed by atoms with Gasteiger partial charge in [0, 0.05) is 26.1 Å². The first-order valence-electron chi connectivity index (χ1n) is 8.13. The molecule has 0 radical (unpaired) electrons. The van der Waals surface area contributed by atoms with Crippen LogP contribution >= 0.6 is 0 Å². The van der Waals surface area contributed by atoms with Gasteiger partial charge in [-0.15, -0.1) is 10.2 Å². The van der Waals surface area contributed by atoms with Crippen molar-refractivity contribution >= 4 is 5.91 Å². The molecule has 1 aromatic rings. The van der Waals surface area contributed by atoms with Crippen LogP contribution in [0.1, 0.15) is 57.2 Å². The molecule has 6 nitrogen and oxygen atoms in total. The number of aryl methyl sites for hydroxylation is 1. The molecule has 0 aromatic carbocycles. The molecule has 116 valence electrons. The molecule has 1 saturated heterocycles. The Kier molecular flexibility index (Phi) is 4.24. The number of likely N-dealkylation sites (tertiary alicyclic amines) is 1. The smallest absolute Gasteiger partial charge is 0.239 e. The molecule has 0 aliphatic carbocycles. The Morgan fingerprint density at radius 2 is 1.81 bits per heavy atom. The molecular formula is C15H25N5O. The molecule has 6 heteroatoms. The van der Waals surface area contributed by atoms with Gasteiger partial charge in [0.1, 0.15) is 11.6 Å². The van der Waals surface area contributed by atoms with E-state index in [1.165, 1.54) is 12.8 Å². The minimum Gasteiger partial charge on any atom is -0.341 e. The second kappa shape index (κ2) is 6.13. The topological polar surface area (TPSA) is 63.1 Å². The van der Waals surface area contributed by atoms with Gasteiger partial charge in [0.05, 0.1) is 12.1 Å². The summed E-state index contributed by atoms with van der Waals surface area (Å²) in [7, 11) is 0. The molecule has 3 rings (SSSR count). The van der Waals surface area contributed by atoms with Crippen LogP contribution in [0, 0.1) is 0 Å². The van der Waals surface area contributed by atoms with Crippen molar-refractivity contribution < 1.29 is 4.79 Å². The van der Waals surface area contributed by atoms with Crippen LogP contribution in [-0.4, -0.2) is 44.7 Å². The summed E-state index contributed by atoms with van der Waals surface area (Å²) >= 11 is 0. The Hall–Kier alpha value is -1.43. The number of aromatic nitrogens is 3. The van der Waals surface area contributed by atoms with E-state index in [9.17, 15) is 4.79 Å². The molecule has 2 atom stereocenters. The van der Waals surface area contributed by atoms with Gasteiger partial charge in [0.25, 0.3) is 0 Å². The van der Waals surface area contributed by atoms with E-state index in [1.807, 2.05) is 11.8 Å². The monoisotopic (exact) mass is 291 g/mol. The number of rotatable bonds is 4. The van der Waals surface area contributed by atoms with E-state index in [-0.39, 0.29) is 18.0 Å². The van der Waals surface area contributed by atoms with Gasteiger partial charge in [-0.1, -0.05) is 0 Å². The predicted octanol–water partition coefficient (Wildman–Crippen LogP) is 1.28. The zero-order valence-electron chi connectivity index (χ0n) is 13.0. The molecule has 0 spiro atoms. The van der Waals surface area contributed by atoms with Gasteiger partial charge in [-0.25, -0.2) is 0 Å². The van der Waals surface area contributed by atoms with Crippen LogP contribution in [0.4, 0.5) is 0 Å². The molecule has 1 fully saturated rings. The zero-order valence-corrected chi connectivity index (χ0v) is 13.0. The normalized spacial score (nSPS) is 21.1. The van der Waals surface area contributed by atoms with E-state index in [1.54, 1.807) is 0 Å². The molecule has 2 aliphatic rings. The minimum atomic E-state index is -0.172. The lowest BCUT2D eigenvalue weighted by Crippen LogP contribution is -2.44. The van der Waals surface area contributed by atoms with Crippen molar-refractivity contribution in [3.05, 3.63) is 11.6 Å². The molecule has 1 amide bonds. The fourth-order valence-corrected chi connectivity index (χ4v) is 3.38. The quantitative estimate of drug-likeness (QED) is 0.907. The highest BCUT2D eigenvalue weighted by atomic mass is 16.2. The maximum absolute atomic E-state index is 12.4. The second-order valence-electron chi connectivity index (χ2n) is 6.23. The van der Waals surface area contributed by atoms with Gasteiger partial charge in [0.2, 0.25) is 5.91 Å². The molecule has 2 aliphatic heterocycles. The first kappa shape index (κ1) is 14.5. The summed E-state index contributed by atoms with van der Waals surface area (Å²) < 4.78 is 2.22. The highest BCUT2D eigenvalue weighted by Gasteiger charge is 2.26. The van der Waals surface area contributed by atoms with Crippen molar-refractivity contribution in [2.75, 3.05) is 13.1 Å². The number of amides is 1. The molecule has 0 bridgehead atoms. The Balaban J connectivity index is 1.64. The lowest BCUT2D eigenvalue weighted by molar-refractivity contribution is -0.132. The summed E-state index contributed by atoms with van der Waals surface area (Å²) in [5, 5.41) is 12.0. The average Bonchev–Trinajstić information content (AvgIpc) is 3.15. The number of hydrogen-bond donors (Lipinski definition) is 1. The molecule has 3 heterocycles. The molecule has 21 heavy (non-hydrogen) atoms. The fourth-order valence-electron chi connectivity index (χ4n) is 3.38. The van der Waals surface area contributed by atoms with Crippen molar-refractivity contribution in [3.8, 4) is 0 Å². The molecule has 0 unspecified atom stereocenters. The van der Waals surface area contributed by atoms with Gasteiger partial charge in [-0.3, -0.25) is 10.1 Å². The summed E-state index contributed by atoms with van der Waals surface area (Å²) in [4.78, 5) is 14.3. The number of nitrogens with zero attached hydrogens (tertiary/aromatic N) is 4. The third-order valence-corrected chi connectivity index (χ3v) is 4.56. The minimum absolute atomic E-state index is 0.0471. The van der Waals surface area contributed by atoms with Gasteiger partial charge in [0.15, 0.2) is 0 Å². The average molecular weight is 291 g/mol. The first-order valence-corrected chi connectivity index (χ1v) is 8.13. The third kappa shape index (κ3) is 2.95. The Morgan fingerprint density at radius 1 is 1.10 bits per heavy atom. The summed E-state index contributed by atoms with van der Waals surface area (Å²) in [5.41, 5.74) is 0. The van der Waals surface area contributed by atoms with Gasteiger partial charge in [-0.05, 0) is 39.5 Å². The van der Waals surface area contributed by atoms with E-state index >= 15 is 0 Å². The molecule has 1 aromatic heterocycles. The predicted molar refractivity (Wildman–Crippen MR) is 79.8 cm³/mol. The van der Waals surface area contributed by atoms with Crippen molar-refractivity contribution in [2.45, 2.75) is 64.6 Å². The largest absolute Gasteiger partial charge is 0.341 e. The van der Waals surface area contributed by atoms with E-state index in [0.29, 0.717) is 0 Å². The van der Waals surface area contributed by atoms with E-state index in [0.717, 1.165) is 50.5 Å². The maximum Gasteiger partial charge on any atom is 0.239 e. The van der Waals surface area contributed by atoms with E-state index < -0.39 is 0 Å². The molecule has 1 N–H and O–H groups in total. The lowest BCUT2D eigenvalue weighted by atomic mass is 10.1. The summed E-state index contributed by atoms with van der Waals surface area (Å²) in [6.07, 6.45) is 5.66. The van der Waals surface area contributed by atoms with Crippen LogP contribution in [0.5, 0.6) is 0 Å². The Bertz CT molecular complexity index is 506. The summed E-state index contributed by atoms with van der Waals surface area (Å²) in [5.74, 6) is 2.26. The van der Waals surface area contributed by atoms with Crippen LogP contribution in [0.2, 0.25) is 0 Å². The van der Waals surface area contributed by atoms with E-state index in [4.69, 9.17) is 0 Å². The SMILES string of the molecule is C[C@H](N[C@H](C)C(=O)N1CCCC1)c1nnc2n1CCCC2. The van der Waals surface area contributed by atoms with Crippen LogP contribution in [-0.2, 0) is 17.8 Å². The first-order chi connectivity index (χ1) is 10.2. The summed E-state index contributed by atoms with van der Waals surface area (Å²) in [6.45, 7) is 6.82. The van der Waals surface area contributed by atoms with Crippen molar-refractivity contribution in [1.82, 2.24) is 25.0 Å². The highest BCUT2D eigenvalue weighted by molar-refractivity contribution is 5.81. The number of carbonyl (C=O) groups is 1. The number of fused-ring (bicyclic) bond motifs is 1. The van der Waals surface area contributed by atoms with Gasteiger partial charge in [-0.2, -0.15) is 0 Å². The maximum atomic E-state index is 12.4. The summed E-state index contributed by atoms with van der Waals surface area (Å²) in [6, 6.07) is -0.124. The number of nitrogens with one attached hydrogen (secondary N) is 1. The molecular weight excluding hydrogens is 266 g/mol. The standard InChI is InChI=1S/C15H25N5O/c1-11(14-18-17-13-7-3-4-10-20(13)14)16-12(2)15(21)19-8-5-6-9-19/h11-12,16H,3-10H2,1-2H3/t11-,12+/m0/s1. The zero-order chi connectivity index (χ0) is 14.8. The van der Waals surface area contributed by atoms with Crippen molar-refractivity contribution in [1.29, 1.82) is 0 Å². The fraction of sp³-hybridized carbons (Fsp3) is 0.800. The number of carbonyl (C=O) groups excluding carboxylic acids is 1. The van der Waals surface area contributed by atoms with Crippen molar-refractivity contribution in [3.63, 3.8) is 0 Å². The van der Waals surface area contributed by atoms with Crippen LogP contribution in [0.3, 0.4) is 0 Å².